The van der Waals surface area contributed by atoms with Crippen LogP contribution in [0, 0.1) is 11.8 Å². The first-order valence-electron chi connectivity index (χ1n) is 6.70. The summed E-state index contributed by atoms with van der Waals surface area (Å²) in [7, 11) is 0. The summed E-state index contributed by atoms with van der Waals surface area (Å²) in [6, 6.07) is 0.772. The molecule has 16 heavy (non-hydrogen) atoms. The molecule has 2 aliphatic rings. The van der Waals surface area contributed by atoms with Gasteiger partial charge in [0.15, 0.2) is 0 Å². The molecule has 2 heteroatoms. The zero-order chi connectivity index (χ0) is 11.6. The Morgan fingerprint density at radius 1 is 1.38 bits per heavy atom. The minimum Gasteiger partial charge on any atom is -0.312 e. The Kier molecular flexibility index (Phi) is 4.01. The van der Waals surface area contributed by atoms with Crippen molar-refractivity contribution >= 4 is 11.8 Å². The number of allylic oxidation sites excluding steroid dienone is 1. The van der Waals surface area contributed by atoms with E-state index in [1.807, 2.05) is 11.8 Å². The van der Waals surface area contributed by atoms with E-state index in [1.165, 1.54) is 32.2 Å². The van der Waals surface area contributed by atoms with Gasteiger partial charge < -0.3 is 5.32 Å². The average molecular weight is 239 g/mol. The fraction of sp³-hybridized carbons (Fsp3) is 0.857. The first-order valence-corrected chi connectivity index (χ1v) is 7.92. The Balaban J connectivity index is 1.80. The van der Waals surface area contributed by atoms with Gasteiger partial charge in [-0.05, 0) is 43.8 Å². The van der Waals surface area contributed by atoms with Crippen LogP contribution in [0.3, 0.4) is 0 Å². The highest BCUT2D eigenvalue weighted by Crippen LogP contribution is 2.43. The van der Waals surface area contributed by atoms with Crippen LogP contribution in [0.15, 0.2) is 12.2 Å². The van der Waals surface area contributed by atoms with E-state index < -0.39 is 0 Å². The largest absolute Gasteiger partial charge is 0.312 e. The van der Waals surface area contributed by atoms with Crippen LogP contribution in [-0.2, 0) is 0 Å². The van der Waals surface area contributed by atoms with E-state index in [1.54, 1.807) is 0 Å². The summed E-state index contributed by atoms with van der Waals surface area (Å²) in [5, 5.41) is 3.81. The monoisotopic (exact) mass is 239 g/mol. The molecule has 0 amide bonds. The van der Waals surface area contributed by atoms with Crippen LogP contribution in [0.2, 0.25) is 0 Å². The third-order valence-electron chi connectivity index (χ3n) is 4.77. The number of nitrogens with one attached hydrogen (secondary N) is 1. The Hall–Kier alpha value is 0.0500. The highest BCUT2D eigenvalue weighted by atomic mass is 32.2. The van der Waals surface area contributed by atoms with Crippen molar-refractivity contribution in [2.75, 3.05) is 12.8 Å². The molecule has 3 unspecified atom stereocenters. The van der Waals surface area contributed by atoms with E-state index in [0.717, 1.165) is 17.9 Å². The van der Waals surface area contributed by atoms with Crippen LogP contribution in [-0.4, -0.2) is 23.6 Å². The topological polar surface area (TPSA) is 12.0 Å². The standard InChI is InChI=1S/C14H25NS/c1-4-14(5-2,16-3)10-15-13-9-11-7-6-8-12(11)13/h6,8,11-13,15H,4-5,7,9-10H2,1-3H3. The van der Waals surface area contributed by atoms with Crippen molar-refractivity contribution in [2.24, 2.45) is 11.8 Å². The van der Waals surface area contributed by atoms with Crippen LogP contribution in [0.4, 0.5) is 0 Å². The smallest absolute Gasteiger partial charge is 0.0276 e. The summed E-state index contributed by atoms with van der Waals surface area (Å²) < 4.78 is 0.466. The van der Waals surface area contributed by atoms with Crippen LogP contribution < -0.4 is 5.32 Å². The Labute approximate surface area is 104 Å². The molecule has 0 aromatic rings. The molecule has 1 fully saturated rings. The van der Waals surface area contributed by atoms with Gasteiger partial charge in [0.1, 0.15) is 0 Å². The molecule has 1 saturated carbocycles. The molecule has 0 bridgehead atoms. The predicted molar refractivity (Wildman–Crippen MR) is 74.0 cm³/mol. The van der Waals surface area contributed by atoms with Gasteiger partial charge in [-0.25, -0.2) is 0 Å². The molecule has 1 nitrogen and oxygen atoms in total. The van der Waals surface area contributed by atoms with Crippen molar-refractivity contribution in [3.05, 3.63) is 12.2 Å². The number of hydrogen-bond acceptors (Lipinski definition) is 2. The van der Waals surface area contributed by atoms with Gasteiger partial charge >= 0.3 is 0 Å². The molecule has 0 aromatic carbocycles. The normalized spacial score (nSPS) is 32.6. The minimum atomic E-state index is 0.466. The Bertz CT molecular complexity index is 249. The van der Waals surface area contributed by atoms with Gasteiger partial charge in [0.05, 0.1) is 0 Å². The van der Waals surface area contributed by atoms with E-state index in [4.69, 9.17) is 0 Å². The highest BCUT2D eigenvalue weighted by molar-refractivity contribution is 8.00. The van der Waals surface area contributed by atoms with Crippen molar-refractivity contribution in [3.63, 3.8) is 0 Å². The molecule has 0 aromatic heterocycles. The molecule has 0 saturated heterocycles. The molecular formula is C14H25NS. The zero-order valence-electron chi connectivity index (χ0n) is 10.8. The van der Waals surface area contributed by atoms with Crippen LogP contribution in [0.25, 0.3) is 0 Å². The van der Waals surface area contributed by atoms with Gasteiger partial charge in [-0.2, -0.15) is 11.8 Å². The van der Waals surface area contributed by atoms with Crippen molar-refractivity contribution in [2.45, 2.75) is 50.3 Å². The molecule has 0 aliphatic heterocycles. The van der Waals surface area contributed by atoms with Gasteiger partial charge in [0.2, 0.25) is 0 Å². The van der Waals surface area contributed by atoms with E-state index >= 15 is 0 Å². The highest BCUT2D eigenvalue weighted by Gasteiger charge is 2.41. The maximum atomic E-state index is 3.81. The van der Waals surface area contributed by atoms with Crippen molar-refractivity contribution in [3.8, 4) is 0 Å². The van der Waals surface area contributed by atoms with Crippen molar-refractivity contribution in [1.29, 1.82) is 0 Å². The molecule has 1 N–H and O–H groups in total. The summed E-state index contributed by atoms with van der Waals surface area (Å²) in [6.45, 7) is 5.82. The maximum Gasteiger partial charge on any atom is 0.0276 e. The number of thioether (sulfide) groups is 1. The van der Waals surface area contributed by atoms with Gasteiger partial charge in [0, 0.05) is 17.3 Å². The lowest BCUT2D eigenvalue weighted by molar-refractivity contribution is 0.159. The van der Waals surface area contributed by atoms with Gasteiger partial charge in [-0.15, -0.1) is 0 Å². The SMILES string of the molecule is CCC(CC)(CNC1CC2CC=CC21)SC. The van der Waals surface area contributed by atoms with Gasteiger partial charge in [-0.1, -0.05) is 26.0 Å². The summed E-state index contributed by atoms with van der Waals surface area (Å²) in [6.07, 6.45) is 12.3. The third kappa shape index (κ3) is 2.19. The number of rotatable bonds is 6. The molecule has 0 spiro atoms. The molecule has 3 atom stereocenters. The number of hydrogen-bond donors (Lipinski definition) is 1. The van der Waals surface area contributed by atoms with E-state index in [2.05, 4.69) is 37.6 Å². The van der Waals surface area contributed by atoms with Crippen molar-refractivity contribution < 1.29 is 0 Å². The summed E-state index contributed by atoms with van der Waals surface area (Å²) in [5.74, 6) is 1.83. The van der Waals surface area contributed by atoms with Gasteiger partial charge in [-0.3, -0.25) is 0 Å². The zero-order valence-corrected chi connectivity index (χ0v) is 11.6. The van der Waals surface area contributed by atoms with E-state index in [0.29, 0.717) is 4.75 Å². The third-order valence-corrected chi connectivity index (χ3v) is 6.36. The quantitative estimate of drug-likeness (QED) is 0.712. The lowest BCUT2D eigenvalue weighted by Crippen LogP contribution is -2.52. The molecule has 0 radical (unpaired) electrons. The molecule has 2 rings (SSSR count). The summed E-state index contributed by atoms with van der Waals surface area (Å²) >= 11 is 2.04. The van der Waals surface area contributed by atoms with Crippen LogP contribution in [0.1, 0.15) is 39.5 Å². The van der Waals surface area contributed by atoms with Crippen LogP contribution >= 0.6 is 11.8 Å². The van der Waals surface area contributed by atoms with Crippen LogP contribution in [0.5, 0.6) is 0 Å². The molecule has 2 aliphatic carbocycles. The molecule has 92 valence electrons. The minimum absolute atomic E-state index is 0.466. The number of fused-ring (bicyclic) bond motifs is 1. The van der Waals surface area contributed by atoms with E-state index in [9.17, 15) is 0 Å². The van der Waals surface area contributed by atoms with Crippen molar-refractivity contribution in [1.82, 2.24) is 5.32 Å². The second-order valence-corrected chi connectivity index (χ2v) is 6.59. The van der Waals surface area contributed by atoms with E-state index in [-0.39, 0.29) is 0 Å². The first-order chi connectivity index (χ1) is 7.74. The second kappa shape index (κ2) is 5.14. The molecule has 0 heterocycles. The Morgan fingerprint density at radius 3 is 2.69 bits per heavy atom. The fourth-order valence-electron chi connectivity index (χ4n) is 3.13. The average Bonchev–Trinajstić information content (AvgIpc) is 2.67. The fourth-order valence-corrected chi connectivity index (χ4v) is 3.93. The second-order valence-electron chi connectivity index (χ2n) is 5.32. The summed E-state index contributed by atoms with van der Waals surface area (Å²) in [5.41, 5.74) is 0. The predicted octanol–water partition coefficient (Wildman–Crippen LogP) is 3.46. The maximum absolute atomic E-state index is 3.81. The molecular weight excluding hydrogens is 214 g/mol. The lowest BCUT2D eigenvalue weighted by Gasteiger charge is -2.43. The lowest BCUT2D eigenvalue weighted by atomic mass is 9.71. The first kappa shape index (κ1) is 12.5. The Morgan fingerprint density at radius 2 is 2.12 bits per heavy atom. The van der Waals surface area contributed by atoms with Gasteiger partial charge in [0.25, 0.3) is 0 Å². The summed E-state index contributed by atoms with van der Waals surface area (Å²) in [4.78, 5) is 0.